The highest BCUT2D eigenvalue weighted by Gasteiger charge is 2.31. The van der Waals surface area contributed by atoms with E-state index in [2.05, 4.69) is 5.32 Å². The van der Waals surface area contributed by atoms with E-state index in [4.69, 9.17) is 27.9 Å². The molecule has 0 heterocycles. The predicted molar refractivity (Wildman–Crippen MR) is 121 cm³/mol. The van der Waals surface area contributed by atoms with Gasteiger partial charge >= 0.3 is 0 Å². The number of rotatable bonds is 8. The van der Waals surface area contributed by atoms with E-state index in [1.54, 1.807) is 30.3 Å². The zero-order valence-electron chi connectivity index (χ0n) is 17.7. The molecule has 0 aromatic heterocycles. The number of nitrogens with one attached hydrogen (secondary N) is 1. The molecular formula is C23H28Cl2N2O3. The van der Waals surface area contributed by atoms with Gasteiger partial charge in [0.05, 0.1) is 5.02 Å². The van der Waals surface area contributed by atoms with Crippen LogP contribution in [0.4, 0.5) is 0 Å². The minimum Gasteiger partial charge on any atom is -0.482 e. The van der Waals surface area contributed by atoms with Crippen LogP contribution in [0.5, 0.6) is 5.75 Å². The molecule has 0 saturated carbocycles. The summed E-state index contributed by atoms with van der Waals surface area (Å²) in [6.07, 6.45) is 0.449. The van der Waals surface area contributed by atoms with Crippen molar-refractivity contribution >= 4 is 35.0 Å². The van der Waals surface area contributed by atoms with E-state index in [0.717, 1.165) is 5.56 Å². The molecule has 1 atom stereocenters. The number of hydrogen-bond donors (Lipinski definition) is 1. The molecule has 2 rings (SSSR count). The van der Waals surface area contributed by atoms with Crippen molar-refractivity contribution in [3.63, 3.8) is 0 Å². The molecule has 0 bridgehead atoms. The first-order chi connectivity index (χ1) is 14.1. The van der Waals surface area contributed by atoms with E-state index in [1.165, 1.54) is 4.90 Å². The zero-order chi connectivity index (χ0) is 22.3. The number of para-hydroxylation sites is 1. The van der Waals surface area contributed by atoms with Crippen molar-refractivity contribution in [2.75, 3.05) is 6.61 Å². The maximum Gasteiger partial charge on any atom is 0.261 e. The van der Waals surface area contributed by atoms with Crippen LogP contribution in [-0.4, -0.2) is 34.9 Å². The number of ether oxygens (including phenoxy) is 1. The van der Waals surface area contributed by atoms with Crippen molar-refractivity contribution < 1.29 is 14.3 Å². The molecule has 0 aliphatic heterocycles. The van der Waals surface area contributed by atoms with Gasteiger partial charge in [0.1, 0.15) is 11.8 Å². The van der Waals surface area contributed by atoms with Crippen molar-refractivity contribution in [1.82, 2.24) is 10.2 Å². The van der Waals surface area contributed by atoms with Crippen LogP contribution in [0.25, 0.3) is 0 Å². The number of amides is 2. The third kappa shape index (κ3) is 6.92. The Hall–Kier alpha value is -2.24. The van der Waals surface area contributed by atoms with Crippen LogP contribution in [-0.2, 0) is 16.1 Å². The summed E-state index contributed by atoms with van der Waals surface area (Å²) in [7, 11) is 0. The smallest absolute Gasteiger partial charge is 0.261 e. The first kappa shape index (κ1) is 24.0. The van der Waals surface area contributed by atoms with Gasteiger partial charge in [-0.25, -0.2) is 0 Å². The van der Waals surface area contributed by atoms with Crippen molar-refractivity contribution in [2.45, 2.75) is 52.2 Å². The van der Waals surface area contributed by atoms with Gasteiger partial charge in [0.15, 0.2) is 6.61 Å². The lowest BCUT2D eigenvalue weighted by molar-refractivity contribution is -0.143. The van der Waals surface area contributed by atoms with Gasteiger partial charge in [-0.05, 0) is 51.0 Å². The minimum absolute atomic E-state index is 0.195. The third-order valence-corrected chi connectivity index (χ3v) is 5.05. The number of hydrogen-bond acceptors (Lipinski definition) is 3. The standard InChI is InChI=1S/C23H28Cl2N2O3/c1-5-19(22(29)26-23(2,3)4)27(14-16-10-6-7-11-17(16)24)21(28)15-30-20-13-9-8-12-18(20)25/h6-13,19H,5,14-15H2,1-4H3,(H,26,29)/t19-/m0/s1. The predicted octanol–water partition coefficient (Wildman–Crippen LogP) is 5.09. The second-order valence-electron chi connectivity index (χ2n) is 8.00. The lowest BCUT2D eigenvalue weighted by Crippen LogP contribution is -2.54. The fourth-order valence-corrected chi connectivity index (χ4v) is 3.35. The third-order valence-electron chi connectivity index (χ3n) is 4.37. The average molecular weight is 451 g/mol. The van der Waals surface area contributed by atoms with Gasteiger partial charge in [-0.2, -0.15) is 0 Å². The number of carbonyl (C=O) groups excluding carboxylic acids is 2. The summed E-state index contributed by atoms with van der Waals surface area (Å²) >= 11 is 12.4. The molecule has 5 nitrogen and oxygen atoms in total. The maximum absolute atomic E-state index is 13.1. The summed E-state index contributed by atoms with van der Waals surface area (Å²) in [5.74, 6) is -0.133. The molecule has 0 fully saturated rings. The number of carbonyl (C=O) groups is 2. The van der Waals surface area contributed by atoms with Gasteiger partial charge in [0.25, 0.3) is 5.91 Å². The van der Waals surface area contributed by atoms with E-state index < -0.39 is 11.6 Å². The van der Waals surface area contributed by atoms with Gasteiger partial charge in [-0.15, -0.1) is 0 Å². The van der Waals surface area contributed by atoms with Crippen LogP contribution in [0.3, 0.4) is 0 Å². The van der Waals surface area contributed by atoms with Gasteiger partial charge in [0, 0.05) is 17.1 Å². The van der Waals surface area contributed by atoms with Gasteiger partial charge in [-0.3, -0.25) is 9.59 Å². The summed E-state index contributed by atoms with van der Waals surface area (Å²) < 4.78 is 5.63. The summed E-state index contributed by atoms with van der Waals surface area (Å²) in [6, 6.07) is 13.5. The summed E-state index contributed by atoms with van der Waals surface area (Å²) in [6.45, 7) is 7.53. The molecule has 0 unspecified atom stereocenters. The lowest BCUT2D eigenvalue weighted by Gasteiger charge is -2.33. The fourth-order valence-electron chi connectivity index (χ4n) is 2.97. The van der Waals surface area contributed by atoms with Gasteiger partial charge in [-0.1, -0.05) is 60.5 Å². The molecular weight excluding hydrogens is 423 g/mol. The highest BCUT2D eigenvalue weighted by atomic mass is 35.5. The SMILES string of the molecule is CC[C@@H](C(=O)NC(C)(C)C)N(Cc1ccccc1Cl)C(=O)COc1ccccc1Cl. The molecule has 30 heavy (non-hydrogen) atoms. The summed E-state index contributed by atoms with van der Waals surface area (Å²) in [5, 5.41) is 3.91. The zero-order valence-corrected chi connectivity index (χ0v) is 19.3. The molecule has 162 valence electrons. The number of nitrogens with zero attached hydrogens (tertiary/aromatic N) is 1. The highest BCUT2D eigenvalue weighted by Crippen LogP contribution is 2.24. The second kappa shape index (κ2) is 10.7. The Labute approximate surface area is 188 Å². The Bertz CT molecular complexity index is 881. The van der Waals surface area contributed by atoms with Crippen LogP contribution >= 0.6 is 23.2 Å². The van der Waals surface area contributed by atoms with Gasteiger partial charge < -0.3 is 15.0 Å². The van der Waals surface area contributed by atoms with E-state index in [-0.39, 0.29) is 25.0 Å². The molecule has 0 aliphatic rings. The van der Waals surface area contributed by atoms with Crippen molar-refractivity contribution in [3.8, 4) is 5.75 Å². The number of halogens is 2. The molecule has 2 aromatic rings. The fraction of sp³-hybridized carbons (Fsp3) is 0.391. The largest absolute Gasteiger partial charge is 0.482 e. The first-order valence-electron chi connectivity index (χ1n) is 9.84. The van der Waals surface area contributed by atoms with E-state index in [0.29, 0.717) is 22.2 Å². The first-order valence-corrected chi connectivity index (χ1v) is 10.6. The molecule has 2 aromatic carbocycles. The molecule has 2 amide bonds. The Morgan fingerprint density at radius 3 is 2.20 bits per heavy atom. The number of benzene rings is 2. The van der Waals surface area contributed by atoms with Gasteiger partial charge in [0.2, 0.25) is 5.91 Å². The van der Waals surface area contributed by atoms with Crippen molar-refractivity contribution in [3.05, 3.63) is 64.1 Å². The van der Waals surface area contributed by atoms with Crippen LogP contribution < -0.4 is 10.1 Å². The second-order valence-corrected chi connectivity index (χ2v) is 8.81. The molecule has 0 aliphatic carbocycles. The van der Waals surface area contributed by atoms with Crippen molar-refractivity contribution in [1.29, 1.82) is 0 Å². The lowest BCUT2D eigenvalue weighted by atomic mass is 10.1. The molecule has 7 heteroatoms. The minimum atomic E-state index is -0.664. The quantitative estimate of drug-likeness (QED) is 0.608. The monoisotopic (exact) mass is 450 g/mol. The topological polar surface area (TPSA) is 58.6 Å². The van der Waals surface area contributed by atoms with E-state index in [1.807, 2.05) is 45.9 Å². The normalized spacial score (nSPS) is 12.2. The van der Waals surface area contributed by atoms with E-state index >= 15 is 0 Å². The maximum atomic E-state index is 13.1. The average Bonchev–Trinajstić information content (AvgIpc) is 2.67. The summed E-state index contributed by atoms with van der Waals surface area (Å²) in [4.78, 5) is 27.6. The van der Waals surface area contributed by atoms with Crippen LogP contribution in [0.15, 0.2) is 48.5 Å². The highest BCUT2D eigenvalue weighted by molar-refractivity contribution is 6.32. The Kier molecular flexibility index (Phi) is 8.56. The summed E-state index contributed by atoms with van der Waals surface area (Å²) in [5.41, 5.74) is 0.338. The molecule has 0 radical (unpaired) electrons. The Morgan fingerprint density at radius 1 is 1.03 bits per heavy atom. The Balaban J connectivity index is 2.27. The van der Waals surface area contributed by atoms with E-state index in [9.17, 15) is 9.59 Å². The van der Waals surface area contributed by atoms with Crippen LogP contribution in [0.1, 0.15) is 39.7 Å². The van der Waals surface area contributed by atoms with Crippen LogP contribution in [0, 0.1) is 0 Å². The molecule has 0 spiro atoms. The molecule has 0 saturated heterocycles. The van der Waals surface area contributed by atoms with Crippen LogP contribution in [0.2, 0.25) is 10.0 Å². The molecule has 1 N–H and O–H groups in total. The Morgan fingerprint density at radius 2 is 1.63 bits per heavy atom. The van der Waals surface area contributed by atoms with Crippen molar-refractivity contribution in [2.24, 2.45) is 0 Å².